The molecule has 43 heavy (non-hydrogen) atoms. The molecular weight excluding hydrogens is 560 g/mol. The van der Waals surface area contributed by atoms with Crippen LogP contribution in [0.15, 0.2) is 30.5 Å². The Balaban J connectivity index is 1.89. The third-order valence-corrected chi connectivity index (χ3v) is 9.75. The van der Waals surface area contributed by atoms with E-state index in [1.165, 1.54) is 0 Å². The SMILES string of the molecule is C=Cc1c(C)/c2[nH]/c1=C\C1=C(C)[C@@](S)(C=C)C(/C=c3\[nH]/c(c(CCC(=O)O)c3C)=C\c3[nH]c(c(C)c3CCC(=O)O)\C=2)N1. The second-order valence-electron chi connectivity index (χ2n) is 11.4. The van der Waals surface area contributed by atoms with Gasteiger partial charge in [-0.15, -0.1) is 6.58 Å². The molecule has 8 bridgehead atoms. The zero-order chi connectivity index (χ0) is 31.2. The van der Waals surface area contributed by atoms with E-state index in [1.807, 2.05) is 52.0 Å². The highest BCUT2D eigenvalue weighted by Crippen LogP contribution is 2.38. The van der Waals surface area contributed by atoms with E-state index in [1.54, 1.807) is 0 Å². The summed E-state index contributed by atoms with van der Waals surface area (Å²) in [7, 11) is 0. The molecule has 9 heteroatoms. The van der Waals surface area contributed by atoms with Crippen molar-refractivity contribution in [2.75, 3.05) is 0 Å². The highest BCUT2D eigenvalue weighted by Gasteiger charge is 2.40. The maximum absolute atomic E-state index is 11.6. The number of aromatic nitrogens is 3. The monoisotopic (exact) mass is 598 g/mol. The minimum Gasteiger partial charge on any atom is -0.481 e. The van der Waals surface area contributed by atoms with Crippen LogP contribution in [0, 0.1) is 20.8 Å². The summed E-state index contributed by atoms with van der Waals surface area (Å²) >= 11 is 5.11. The number of rotatable bonds is 8. The lowest BCUT2D eigenvalue weighted by molar-refractivity contribution is -0.138. The molecule has 6 N–H and O–H groups in total. The molecule has 0 saturated carbocycles. The molecule has 3 aromatic heterocycles. The van der Waals surface area contributed by atoms with Crippen molar-refractivity contribution in [3.63, 3.8) is 0 Å². The average Bonchev–Trinajstić information content (AvgIpc) is 3.59. The maximum atomic E-state index is 11.6. The first-order valence-electron chi connectivity index (χ1n) is 14.3. The van der Waals surface area contributed by atoms with Crippen LogP contribution in [0.1, 0.15) is 64.5 Å². The summed E-state index contributed by atoms with van der Waals surface area (Å²) in [6.45, 7) is 16.3. The van der Waals surface area contributed by atoms with Crippen molar-refractivity contribution in [3.8, 4) is 0 Å². The van der Waals surface area contributed by atoms with E-state index in [0.717, 1.165) is 77.4 Å². The van der Waals surface area contributed by atoms with Crippen LogP contribution in [-0.2, 0) is 22.4 Å². The Labute approximate surface area is 255 Å². The van der Waals surface area contributed by atoms with Crippen molar-refractivity contribution >= 4 is 54.9 Å². The van der Waals surface area contributed by atoms with Crippen molar-refractivity contribution in [1.82, 2.24) is 20.3 Å². The van der Waals surface area contributed by atoms with Gasteiger partial charge in [0.05, 0.1) is 10.8 Å². The van der Waals surface area contributed by atoms with Gasteiger partial charge in [0.2, 0.25) is 0 Å². The third-order valence-electron chi connectivity index (χ3n) is 8.95. The van der Waals surface area contributed by atoms with Gasteiger partial charge < -0.3 is 30.5 Å². The van der Waals surface area contributed by atoms with Crippen molar-refractivity contribution in [3.05, 3.63) is 96.7 Å². The Hall–Kier alpha value is -4.37. The van der Waals surface area contributed by atoms with Crippen molar-refractivity contribution in [2.45, 2.75) is 64.2 Å². The average molecular weight is 599 g/mol. The normalized spacial score (nSPS) is 22.2. The number of aliphatic carboxylic acids is 2. The number of H-pyrrole nitrogens is 3. The molecule has 2 aliphatic rings. The predicted molar refractivity (Wildman–Crippen MR) is 175 cm³/mol. The van der Waals surface area contributed by atoms with E-state index in [0.29, 0.717) is 12.8 Å². The van der Waals surface area contributed by atoms with Crippen molar-refractivity contribution in [1.29, 1.82) is 0 Å². The maximum Gasteiger partial charge on any atom is 0.303 e. The molecule has 2 atom stereocenters. The summed E-state index contributed by atoms with van der Waals surface area (Å²) in [6, 6.07) is -0.246. The Bertz CT molecular complexity index is 1970. The zero-order valence-corrected chi connectivity index (χ0v) is 25.8. The predicted octanol–water partition coefficient (Wildman–Crippen LogP) is 2.61. The highest BCUT2D eigenvalue weighted by molar-refractivity contribution is 7.82. The first-order chi connectivity index (χ1) is 20.4. The topological polar surface area (TPSA) is 134 Å². The largest absolute Gasteiger partial charge is 0.481 e. The van der Waals surface area contributed by atoms with Crippen molar-refractivity contribution in [2.24, 2.45) is 0 Å². The minimum absolute atomic E-state index is 0.0116. The van der Waals surface area contributed by atoms with Crippen LogP contribution in [0.2, 0.25) is 0 Å². The van der Waals surface area contributed by atoms with E-state index in [2.05, 4.69) is 45.6 Å². The molecule has 0 spiro atoms. The van der Waals surface area contributed by atoms with Gasteiger partial charge in [0.25, 0.3) is 0 Å². The number of fused-ring (bicyclic) bond motifs is 8. The smallest absolute Gasteiger partial charge is 0.303 e. The van der Waals surface area contributed by atoms with Gasteiger partial charge in [0.1, 0.15) is 0 Å². The molecule has 5 rings (SSSR count). The van der Waals surface area contributed by atoms with E-state index in [9.17, 15) is 19.8 Å². The fourth-order valence-corrected chi connectivity index (χ4v) is 6.49. The number of nitrogens with one attached hydrogen (secondary N) is 4. The molecule has 0 aliphatic carbocycles. The van der Waals surface area contributed by atoms with Crippen LogP contribution >= 0.6 is 12.6 Å². The molecule has 2 aliphatic heterocycles. The fraction of sp³-hybridized carbons (Fsp3) is 0.294. The molecule has 224 valence electrons. The lowest BCUT2D eigenvalue weighted by Gasteiger charge is -2.26. The van der Waals surface area contributed by atoms with Gasteiger partial charge >= 0.3 is 11.9 Å². The molecule has 0 fully saturated rings. The van der Waals surface area contributed by atoms with Gasteiger partial charge in [0, 0.05) is 56.9 Å². The van der Waals surface area contributed by atoms with Gasteiger partial charge in [-0.2, -0.15) is 12.6 Å². The molecular formula is C34H38N4O4S. The van der Waals surface area contributed by atoms with Crippen molar-refractivity contribution < 1.29 is 19.8 Å². The van der Waals surface area contributed by atoms with E-state index >= 15 is 0 Å². The summed E-state index contributed by atoms with van der Waals surface area (Å²) < 4.78 is -0.678. The Morgan fingerprint density at radius 1 is 0.837 bits per heavy atom. The summed E-state index contributed by atoms with van der Waals surface area (Å²) in [5.41, 5.74) is 9.35. The fourth-order valence-electron chi connectivity index (χ4n) is 6.23. The van der Waals surface area contributed by atoms with Crippen LogP contribution in [0.5, 0.6) is 0 Å². The van der Waals surface area contributed by atoms with Gasteiger partial charge in [-0.3, -0.25) is 9.59 Å². The van der Waals surface area contributed by atoms with Crippen LogP contribution < -0.4 is 26.7 Å². The number of carboxylic acids is 2. The van der Waals surface area contributed by atoms with Gasteiger partial charge in [-0.25, -0.2) is 0 Å². The first-order valence-corrected chi connectivity index (χ1v) is 14.8. The standard InChI is InChI=1S/C34H38N4O4S/c1-7-21-17(3)24-13-25-18(4)22(9-11-32(39)40)29(36-25)15-30-23(10-12-33(41)42)19(5)26(37-30)16-31-34(43,8-2)20(6)27(38-31)14-28(21)35-24/h7-8,13-16,31,35-38,43H,1-2,9-12H2,3-6H3,(H,39,40)(H,41,42)/b24-13-,26-16-,28-14-,30-15-/t31?,34-/m0/s1. The molecule has 0 saturated heterocycles. The third kappa shape index (κ3) is 5.33. The Morgan fingerprint density at radius 3 is 2.09 bits per heavy atom. The summed E-state index contributed by atoms with van der Waals surface area (Å²) in [6.07, 6.45) is 12.5. The lowest BCUT2D eigenvalue weighted by atomic mass is 9.93. The number of carbonyl (C=O) groups is 2. The molecule has 0 amide bonds. The van der Waals surface area contributed by atoms with E-state index < -0.39 is 16.7 Å². The number of allylic oxidation sites excluding steroid dienone is 1. The lowest BCUT2D eigenvalue weighted by Crippen LogP contribution is -2.39. The van der Waals surface area contributed by atoms with Gasteiger partial charge in [-0.05, 0) is 98.2 Å². The van der Waals surface area contributed by atoms with Gasteiger partial charge in [-0.1, -0.05) is 18.7 Å². The highest BCUT2D eigenvalue weighted by atomic mass is 32.1. The number of hydrogen-bond donors (Lipinski definition) is 7. The Kier molecular flexibility index (Phi) is 7.96. The Morgan fingerprint density at radius 2 is 1.47 bits per heavy atom. The number of carboxylic acid groups (broad SMARTS) is 2. The molecule has 0 radical (unpaired) electrons. The molecule has 3 aromatic rings. The molecule has 5 heterocycles. The molecule has 8 nitrogen and oxygen atoms in total. The van der Waals surface area contributed by atoms with Crippen LogP contribution in [0.4, 0.5) is 0 Å². The van der Waals surface area contributed by atoms with Crippen LogP contribution in [-0.4, -0.2) is 47.9 Å². The van der Waals surface area contributed by atoms with Gasteiger partial charge in [0.15, 0.2) is 0 Å². The second-order valence-corrected chi connectivity index (χ2v) is 12.1. The van der Waals surface area contributed by atoms with E-state index in [-0.39, 0.29) is 18.9 Å². The number of thiol groups is 1. The first kappa shape index (κ1) is 30.1. The van der Waals surface area contributed by atoms with E-state index in [4.69, 9.17) is 12.6 Å². The van der Waals surface area contributed by atoms with Crippen LogP contribution in [0.25, 0.3) is 30.4 Å². The number of aromatic amines is 3. The minimum atomic E-state index is -0.872. The summed E-state index contributed by atoms with van der Waals surface area (Å²) in [4.78, 5) is 33.8. The van der Waals surface area contributed by atoms with Crippen LogP contribution in [0.3, 0.4) is 0 Å². The second kappa shape index (κ2) is 11.4. The quantitative estimate of drug-likeness (QED) is 0.158. The zero-order valence-electron chi connectivity index (χ0n) is 24.9. The molecule has 0 aromatic carbocycles. The number of hydrogen-bond acceptors (Lipinski definition) is 4. The summed E-state index contributed by atoms with van der Waals surface area (Å²) in [5.74, 6) is -1.74. The molecule has 1 unspecified atom stereocenters. The summed E-state index contributed by atoms with van der Waals surface area (Å²) in [5, 5.41) is 26.1.